The van der Waals surface area contributed by atoms with Crippen molar-refractivity contribution in [2.75, 3.05) is 7.11 Å². The van der Waals surface area contributed by atoms with Gasteiger partial charge >= 0.3 is 0 Å². The van der Waals surface area contributed by atoms with Gasteiger partial charge in [-0.2, -0.15) is 0 Å². The fraction of sp³-hybridized carbons (Fsp3) is 0.500. The molecular formula is C22H26N4O3. The van der Waals surface area contributed by atoms with Crippen LogP contribution in [0.25, 0.3) is 22.2 Å². The number of methoxy groups -OCH3 is 1. The molecule has 7 heteroatoms. The first kappa shape index (κ1) is 18.4. The lowest BCUT2D eigenvalue weighted by Crippen LogP contribution is -2.23. The van der Waals surface area contributed by atoms with Crippen LogP contribution in [-0.4, -0.2) is 33.8 Å². The SMILES string of the molecule is CO[C@@H]1CC[C@@H](n2c([C@@H]3CCC(=O)N3)nc3cc(-c4c(C)noc4C)ccc32)C1. The number of carbonyl (C=O) groups excluding carboxylic acids is 1. The predicted molar refractivity (Wildman–Crippen MR) is 109 cm³/mol. The molecule has 1 amide bonds. The molecule has 2 aromatic heterocycles. The number of carbonyl (C=O) groups is 1. The summed E-state index contributed by atoms with van der Waals surface area (Å²) in [5.74, 6) is 1.87. The van der Waals surface area contributed by atoms with E-state index < -0.39 is 0 Å². The van der Waals surface area contributed by atoms with Crippen molar-refractivity contribution in [1.29, 1.82) is 0 Å². The number of aromatic nitrogens is 3. The molecule has 29 heavy (non-hydrogen) atoms. The van der Waals surface area contributed by atoms with E-state index in [9.17, 15) is 4.79 Å². The number of benzene rings is 1. The van der Waals surface area contributed by atoms with Gasteiger partial charge in [-0.05, 0) is 57.2 Å². The van der Waals surface area contributed by atoms with Gasteiger partial charge in [-0.15, -0.1) is 0 Å². The van der Waals surface area contributed by atoms with E-state index in [1.807, 2.05) is 13.8 Å². The molecule has 3 aromatic rings. The third-order valence-electron chi connectivity index (χ3n) is 6.40. The number of rotatable bonds is 4. The molecule has 152 valence electrons. The minimum atomic E-state index is -0.0287. The summed E-state index contributed by atoms with van der Waals surface area (Å²) in [4.78, 5) is 16.9. The van der Waals surface area contributed by atoms with Crippen molar-refractivity contribution < 1.29 is 14.1 Å². The summed E-state index contributed by atoms with van der Waals surface area (Å²) in [6, 6.07) is 6.68. The van der Waals surface area contributed by atoms with Crippen molar-refractivity contribution in [1.82, 2.24) is 20.0 Å². The third kappa shape index (κ3) is 3.04. The van der Waals surface area contributed by atoms with Crippen LogP contribution < -0.4 is 5.32 Å². The van der Waals surface area contributed by atoms with Crippen LogP contribution in [0.5, 0.6) is 0 Å². The van der Waals surface area contributed by atoms with Crippen LogP contribution in [-0.2, 0) is 9.53 Å². The maximum absolute atomic E-state index is 11.9. The highest BCUT2D eigenvalue weighted by Crippen LogP contribution is 2.39. The monoisotopic (exact) mass is 394 g/mol. The summed E-state index contributed by atoms with van der Waals surface area (Å²) in [6.07, 6.45) is 4.71. The van der Waals surface area contributed by atoms with Gasteiger partial charge in [-0.3, -0.25) is 4.79 Å². The second kappa shape index (κ2) is 6.99. The molecule has 1 N–H and O–H groups in total. The Hall–Kier alpha value is -2.67. The zero-order valence-corrected chi connectivity index (χ0v) is 17.1. The van der Waals surface area contributed by atoms with Crippen molar-refractivity contribution in [3.05, 3.63) is 35.5 Å². The topological polar surface area (TPSA) is 82.2 Å². The first-order valence-electron chi connectivity index (χ1n) is 10.3. The molecule has 0 radical (unpaired) electrons. The van der Waals surface area contributed by atoms with Gasteiger partial charge in [-0.1, -0.05) is 11.2 Å². The molecule has 3 atom stereocenters. The molecule has 5 rings (SSSR count). The number of hydrogen-bond donors (Lipinski definition) is 1. The highest BCUT2D eigenvalue weighted by molar-refractivity contribution is 5.84. The van der Waals surface area contributed by atoms with E-state index in [2.05, 4.69) is 33.2 Å². The summed E-state index contributed by atoms with van der Waals surface area (Å²) >= 11 is 0. The predicted octanol–water partition coefficient (Wildman–Crippen LogP) is 4.00. The molecular weight excluding hydrogens is 368 g/mol. The lowest BCUT2D eigenvalue weighted by molar-refractivity contribution is -0.119. The van der Waals surface area contributed by atoms with Crippen molar-refractivity contribution in [2.45, 2.75) is 64.1 Å². The Labute approximate surface area is 169 Å². The van der Waals surface area contributed by atoms with Gasteiger partial charge in [0.2, 0.25) is 5.91 Å². The number of aryl methyl sites for hydroxylation is 2. The highest BCUT2D eigenvalue weighted by atomic mass is 16.5. The molecule has 1 saturated carbocycles. The van der Waals surface area contributed by atoms with E-state index in [-0.39, 0.29) is 18.1 Å². The largest absolute Gasteiger partial charge is 0.381 e. The minimum Gasteiger partial charge on any atom is -0.381 e. The maximum atomic E-state index is 11.9. The normalized spacial score (nSPS) is 24.5. The number of imidazole rings is 1. The van der Waals surface area contributed by atoms with Crippen molar-refractivity contribution >= 4 is 16.9 Å². The molecule has 1 aliphatic carbocycles. The number of nitrogens with one attached hydrogen (secondary N) is 1. The van der Waals surface area contributed by atoms with Crippen molar-refractivity contribution in [2.24, 2.45) is 0 Å². The molecule has 1 aliphatic heterocycles. The highest BCUT2D eigenvalue weighted by Gasteiger charge is 2.33. The first-order chi connectivity index (χ1) is 14.0. The van der Waals surface area contributed by atoms with Gasteiger partial charge in [0.15, 0.2) is 0 Å². The lowest BCUT2D eigenvalue weighted by atomic mass is 10.0. The second-order valence-electron chi connectivity index (χ2n) is 8.23. The zero-order valence-electron chi connectivity index (χ0n) is 17.1. The van der Waals surface area contributed by atoms with Crippen molar-refractivity contribution in [3.8, 4) is 11.1 Å². The average Bonchev–Trinajstić information content (AvgIpc) is 3.47. The van der Waals surface area contributed by atoms with E-state index in [4.69, 9.17) is 14.2 Å². The Bertz CT molecular complexity index is 1060. The van der Waals surface area contributed by atoms with Gasteiger partial charge < -0.3 is 19.1 Å². The number of nitrogens with zero attached hydrogens (tertiary/aromatic N) is 3. The number of ether oxygens (including phenoxy) is 1. The van der Waals surface area contributed by atoms with Crippen LogP contribution in [0, 0.1) is 13.8 Å². The summed E-state index contributed by atoms with van der Waals surface area (Å²) in [5, 5.41) is 7.19. The lowest BCUT2D eigenvalue weighted by Gasteiger charge is -2.20. The van der Waals surface area contributed by atoms with Gasteiger partial charge in [0, 0.05) is 25.1 Å². The second-order valence-corrected chi connectivity index (χ2v) is 8.23. The van der Waals surface area contributed by atoms with E-state index >= 15 is 0 Å². The molecule has 2 aliphatic rings. The van der Waals surface area contributed by atoms with E-state index in [1.54, 1.807) is 7.11 Å². The molecule has 7 nitrogen and oxygen atoms in total. The standard InChI is InChI=1S/C22H26N4O3/c1-12-21(13(2)29-25-12)14-4-8-19-18(10-14)24-22(17-7-9-20(27)23-17)26(19)15-5-6-16(11-15)28-3/h4,8,10,15-17H,5-7,9,11H2,1-3H3,(H,23,27)/t15-,16-,17+/m1/s1. The average molecular weight is 394 g/mol. The minimum absolute atomic E-state index is 0.0287. The number of hydrogen-bond acceptors (Lipinski definition) is 5. The first-order valence-corrected chi connectivity index (χ1v) is 10.3. The third-order valence-corrected chi connectivity index (χ3v) is 6.40. The number of fused-ring (bicyclic) bond motifs is 1. The van der Waals surface area contributed by atoms with Crippen LogP contribution >= 0.6 is 0 Å². The van der Waals surface area contributed by atoms with Gasteiger partial charge in [0.05, 0.1) is 28.9 Å². The summed E-state index contributed by atoms with van der Waals surface area (Å²) < 4.78 is 13.3. The summed E-state index contributed by atoms with van der Waals surface area (Å²) in [5.41, 5.74) is 5.01. The Kier molecular flexibility index (Phi) is 4.42. The van der Waals surface area contributed by atoms with Crippen molar-refractivity contribution in [3.63, 3.8) is 0 Å². The Morgan fingerprint density at radius 1 is 1.24 bits per heavy atom. The summed E-state index contributed by atoms with van der Waals surface area (Å²) in [6.45, 7) is 3.89. The fourth-order valence-electron chi connectivity index (χ4n) is 4.97. The van der Waals surface area contributed by atoms with Crippen LogP contribution in [0.4, 0.5) is 0 Å². The van der Waals surface area contributed by atoms with Gasteiger partial charge in [0.1, 0.15) is 11.6 Å². The smallest absolute Gasteiger partial charge is 0.220 e. The molecule has 2 fully saturated rings. The van der Waals surface area contributed by atoms with E-state index in [0.717, 1.165) is 65.1 Å². The van der Waals surface area contributed by atoms with E-state index in [0.29, 0.717) is 12.5 Å². The summed E-state index contributed by atoms with van der Waals surface area (Å²) in [7, 11) is 1.78. The molecule has 0 unspecified atom stereocenters. The van der Waals surface area contributed by atoms with Crippen LogP contribution in [0.1, 0.15) is 61.5 Å². The van der Waals surface area contributed by atoms with Crippen LogP contribution in [0.2, 0.25) is 0 Å². The number of amides is 1. The van der Waals surface area contributed by atoms with E-state index in [1.165, 1.54) is 0 Å². The Balaban J connectivity index is 1.63. The van der Waals surface area contributed by atoms with Gasteiger partial charge in [-0.25, -0.2) is 4.98 Å². The fourth-order valence-corrected chi connectivity index (χ4v) is 4.97. The van der Waals surface area contributed by atoms with Gasteiger partial charge in [0.25, 0.3) is 0 Å². The Morgan fingerprint density at radius 2 is 2.10 bits per heavy atom. The van der Waals surface area contributed by atoms with Crippen LogP contribution in [0.3, 0.4) is 0 Å². The molecule has 1 saturated heterocycles. The molecule has 0 bridgehead atoms. The quantitative estimate of drug-likeness (QED) is 0.723. The molecule has 3 heterocycles. The van der Waals surface area contributed by atoms with Crippen LogP contribution in [0.15, 0.2) is 22.7 Å². The Morgan fingerprint density at radius 3 is 2.76 bits per heavy atom. The molecule has 1 aromatic carbocycles. The molecule has 0 spiro atoms. The maximum Gasteiger partial charge on any atom is 0.220 e. The zero-order chi connectivity index (χ0) is 20.1.